The Kier molecular flexibility index (Phi) is 6.32. The Labute approximate surface area is 137 Å². The minimum absolute atomic E-state index is 0.0510. The summed E-state index contributed by atoms with van der Waals surface area (Å²) >= 11 is 4.83. The van der Waals surface area contributed by atoms with Crippen LogP contribution in [0.4, 0.5) is 0 Å². The van der Waals surface area contributed by atoms with Crippen molar-refractivity contribution in [2.24, 2.45) is 0 Å². The number of thioether (sulfide) groups is 1. The van der Waals surface area contributed by atoms with Gasteiger partial charge >= 0.3 is 0 Å². The second-order valence-electron chi connectivity index (χ2n) is 4.60. The number of amides is 1. The summed E-state index contributed by atoms with van der Waals surface area (Å²) in [5, 5.41) is 3.65. The van der Waals surface area contributed by atoms with Crippen molar-refractivity contribution in [3.63, 3.8) is 0 Å². The molecule has 0 aliphatic carbocycles. The highest BCUT2D eigenvalue weighted by Crippen LogP contribution is 2.22. The van der Waals surface area contributed by atoms with Gasteiger partial charge in [0.1, 0.15) is 0 Å². The van der Waals surface area contributed by atoms with Gasteiger partial charge < -0.3 is 10.3 Å². The van der Waals surface area contributed by atoms with Crippen molar-refractivity contribution in [2.45, 2.75) is 24.9 Å². The highest BCUT2D eigenvalue weighted by molar-refractivity contribution is 9.10. The van der Waals surface area contributed by atoms with E-state index in [4.69, 9.17) is 0 Å². The highest BCUT2D eigenvalue weighted by atomic mass is 79.9. The van der Waals surface area contributed by atoms with Gasteiger partial charge in [0, 0.05) is 11.0 Å². The average Bonchev–Trinajstić information content (AvgIpc) is 2.95. The van der Waals surface area contributed by atoms with Crippen LogP contribution in [-0.4, -0.2) is 28.2 Å². The van der Waals surface area contributed by atoms with Crippen LogP contribution in [0.15, 0.2) is 40.1 Å². The molecule has 0 fully saturated rings. The number of nitrogens with zero attached hydrogens (tertiary/aromatic N) is 1. The van der Waals surface area contributed by atoms with E-state index in [2.05, 4.69) is 38.1 Å². The first-order valence-electron chi connectivity index (χ1n) is 6.89. The SMILES string of the molecule is CCCCNC(=O)CSc1ncc(-c2ccc(Br)cc2)[nH]1. The van der Waals surface area contributed by atoms with Gasteiger partial charge in [-0.3, -0.25) is 4.79 Å². The van der Waals surface area contributed by atoms with Crippen LogP contribution in [0.2, 0.25) is 0 Å². The summed E-state index contributed by atoms with van der Waals surface area (Å²) in [7, 11) is 0. The van der Waals surface area contributed by atoms with Crippen molar-refractivity contribution in [2.75, 3.05) is 12.3 Å². The molecule has 1 aromatic heterocycles. The Morgan fingerprint density at radius 2 is 2.14 bits per heavy atom. The van der Waals surface area contributed by atoms with Crippen molar-refractivity contribution < 1.29 is 4.79 Å². The van der Waals surface area contributed by atoms with Crippen LogP contribution >= 0.6 is 27.7 Å². The zero-order valence-corrected chi connectivity index (χ0v) is 14.3. The van der Waals surface area contributed by atoms with Gasteiger partial charge in [-0.2, -0.15) is 0 Å². The fraction of sp³-hybridized carbons (Fsp3) is 0.333. The summed E-state index contributed by atoms with van der Waals surface area (Å²) in [5.41, 5.74) is 2.03. The maximum absolute atomic E-state index is 11.6. The topological polar surface area (TPSA) is 57.8 Å². The molecule has 2 N–H and O–H groups in total. The van der Waals surface area contributed by atoms with Crippen molar-refractivity contribution in [3.05, 3.63) is 34.9 Å². The molecule has 0 spiro atoms. The third kappa shape index (κ3) is 5.21. The van der Waals surface area contributed by atoms with Crippen LogP contribution in [0.1, 0.15) is 19.8 Å². The molecule has 0 saturated heterocycles. The summed E-state index contributed by atoms with van der Waals surface area (Å²) in [4.78, 5) is 19.2. The van der Waals surface area contributed by atoms with E-state index >= 15 is 0 Å². The molecule has 0 unspecified atom stereocenters. The first-order chi connectivity index (χ1) is 10.2. The number of rotatable bonds is 7. The smallest absolute Gasteiger partial charge is 0.230 e. The van der Waals surface area contributed by atoms with Gasteiger partial charge in [-0.1, -0.05) is 53.2 Å². The van der Waals surface area contributed by atoms with Crippen LogP contribution in [0.25, 0.3) is 11.3 Å². The lowest BCUT2D eigenvalue weighted by Gasteiger charge is -2.02. The molecular formula is C15H18BrN3OS. The molecule has 0 atom stereocenters. The number of halogens is 1. The van der Waals surface area contributed by atoms with E-state index in [9.17, 15) is 4.79 Å². The molecule has 6 heteroatoms. The van der Waals surface area contributed by atoms with Gasteiger partial charge in [0.2, 0.25) is 5.91 Å². The predicted molar refractivity (Wildman–Crippen MR) is 90.4 cm³/mol. The van der Waals surface area contributed by atoms with Crippen molar-refractivity contribution in [1.29, 1.82) is 0 Å². The number of carbonyl (C=O) groups is 1. The second-order valence-corrected chi connectivity index (χ2v) is 6.48. The number of carbonyl (C=O) groups excluding carboxylic acids is 1. The minimum Gasteiger partial charge on any atom is -0.355 e. The second kappa shape index (κ2) is 8.24. The Morgan fingerprint density at radius 1 is 1.38 bits per heavy atom. The van der Waals surface area contributed by atoms with Gasteiger partial charge in [-0.15, -0.1) is 0 Å². The summed E-state index contributed by atoms with van der Waals surface area (Å²) in [6, 6.07) is 8.02. The molecule has 2 aromatic rings. The fourth-order valence-electron chi connectivity index (χ4n) is 1.74. The molecular weight excluding hydrogens is 350 g/mol. The number of unbranched alkanes of at least 4 members (excludes halogenated alkanes) is 1. The Hall–Kier alpha value is -1.27. The largest absolute Gasteiger partial charge is 0.355 e. The number of imidazole rings is 1. The lowest BCUT2D eigenvalue weighted by Crippen LogP contribution is -2.26. The molecule has 21 heavy (non-hydrogen) atoms. The summed E-state index contributed by atoms with van der Waals surface area (Å²) in [6.07, 6.45) is 3.90. The molecule has 0 saturated carbocycles. The highest BCUT2D eigenvalue weighted by Gasteiger charge is 2.06. The van der Waals surface area contributed by atoms with Crippen LogP contribution in [0.5, 0.6) is 0 Å². The molecule has 1 heterocycles. The number of H-pyrrole nitrogens is 1. The van der Waals surface area contributed by atoms with Crippen LogP contribution in [-0.2, 0) is 4.79 Å². The predicted octanol–water partition coefficient (Wildman–Crippen LogP) is 3.85. The number of hydrogen-bond acceptors (Lipinski definition) is 3. The van der Waals surface area contributed by atoms with Crippen molar-refractivity contribution in [1.82, 2.24) is 15.3 Å². The van der Waals surface area contributed by atoms with E-state index in [0.29, 0.717) is 5.75 Å². The number of nitrogens with one attached hydrogen (secondary N) is 2. The van der Waals surface area contributed by atoms with Crippen molar-refractivity contribution >= 4 is 33.6 Å². The molecule has 2 rings (SSSR count). The van der Waals surface area contributed by atoms with E-state index in [1.54, 1.807) is 6.20 Å². The summed E-state index contributed by atoms with van der Waals surface area (Å²) < 4.78 is 1.05. The zero-order valence-electron chi connectivity index (χ0n) is 11.9. The Balaban J connectivity index is 1.86. The van der Waals surface area contributed by atoms with E-state index in [0.717, 1.165) is 40.3 Å². The van der Waals surface area contributed by atoms with Gasteiger partial charge in [-0.25, -0.2) is 4.98 Å². The van der Waals surface area contributed by atoms with E-state index in [1.165, 1.54) is 11.8 Å². The lowest BCUT2D eigenvalue weighted by atomic mass is 10.2. The Bertz CT molecular complexity index is 583. The quantitative estimate of drug-likeness (QED) is 0.577. The summed E-state index contributed by atoms with van der Waals surface area (Å²) in [6.45, 7) is 2.85. The number of hydrogen-bond donors (Lipinski definition) is 2. The maximum Gasteiger partial charge on any atom is 0.230 e. The van der Waals surface area contributed by atoms with Crippen molar-refractivity contribution in [3.8, 4) is 11.3 Å². The van der Waals surface area contributed by atoms with Gasteiger partial charge in [-0.05, 0) is 24.1 Å². The molecule has 0 radical (unpaired) electrons. The molecule has 0 aliphatic heterocycles. The number of aromatic amines is 1. The molecule has 112 valence electrons. The minimum atomic E-state index is 0.0510. The number of aromatic nitrogens is 2. The molecule has 0 bridgehead atoms. The van der Waals surface area contributed by atoms with Crippen LogP contribution in [0, 0.1) is 0 Å². The van der Waals surface area contributed by atoms with E-state index in [-0.39, 0.29) is 5.91 Å². The summed E-state index contributed by atoms with van der Waals surface area (Å²) in [5.74, 6) is 0.437. The van der Waals surface area contributed by atoms with E-state index < -0.39 is 0 Å². The lowest BCUT2D eigenvalue weighted by molar-refractivity contribution is -0.118. The third-order valence-electron chi connectivity index (χ3n) is 2.90. The fourth-order valence-corrected chi connectivity index (χ4v) is 2.69. The standard InChI is InChI=1S/C15H18BrN3OS/c1-2-3-8-17-14(20)10-21-15-18-9-13(19-15)11-4-6-12(16)7-5-11/h4-7,9H,2-3,8,10H2,1H3,(H,17,20)(H,18,19). The van der Waals surface area contributed by atoms with Gasteiger partial charge in [0.05, 0.1) is 17.6 Å². The molecule has 1 amide bonds. The zero-order chi connectivity index (χ0) is 15.1. The molecule has 4 nitrogen and oxygen atoms in total. The van der Waals surface area contributed by atoms with Gasteiger partial charge in [0.15, 0.2) is 5.16 Å². The molecule has 0 aliphatic rings. The van der Waals surface area contributed by atoms with Crippen LogP contribution < -0.4 is 5.32 Å². The monoisotopic (exact) mass is 367 g/mol. The maximum atomic E-state index is 11.6. The average molecular weight is 368 g/mol. The van der Waals surface area contributed by atoms with E-state index in [1.807, 2.05) is 24.3 Å². The molecule has 1 aromatic carbocycles. The third-order valence-corrected chi connectivity index (χ3v) is 4.32. The van der Waals surface area contributed by atoms with Gasteiger partial charge in [0.25, 0.3) is 0 Å². The first-order valence-corrected chi connectivity index (χ1v) is 8.67. The number of benzene rings is 1. The normalized spacial score (nSPS) is 10.6. The Morgan fingerprint density at radius 3 is 2.86 bits per heavy atom. The van der Waals surface area contributed by atoms with Crippen LogP contribution in [0.3, 0.4) is 0 Å². The first kappa shape index (κ1) is 16.1.